The molecule has 2 aromatic rings. The highest BCUT2D eigenvalue weighted by atomic mass is 127. The zero-order valence-corrected chi connectivity index (χ0v) is 18.6. The summed E-state index contributed by atoms with van der Waals surface area (Å²) >= 11 is 0. The van der Waals surface area contributed by atoms with Crippen LogP contribution in [0.15, 0.2) is 47.6 Å². The SMILES string of the molecule is CCNC(=NCc1ccc(Oc2cccc(F)c2)nc1)NCCCOCC.I. The van der Waals surface area contributed by atoms with Gasteiger partial charge in [-0.1, -0.05) is 12.1 Å². The highest BCUT2D eigenvalue weighted by Crippen LogP contribution is 2.20. The number of hydrogen-bond acceptors (Lipinski definition) is 4. The van der Waals surface area contributed by atoms with Crippen molar-refractivity contribution in [3.63, 3.8) is 0 Å². The third-order valence-corrected chi connectivity index (χ3v) is 3.54. The molecule has 0 amide bonds. The van der Waals surface area contributed by atoms with Crippen molar-refractivity contribution in [1.29, 1.82) is 0 Å². The Hall–Kier alpha value is -1.94. The quantitative estimate of drug-likeness (QED) is 0.222. The summed E-state index contributed by atoms with van der Waals surface area (Å²) in [5, 5.41) is 6.49. The van der Waals surface area contributed by atoms with Gasteiger partial charge < -0.3 is 20.1 Å². The summed E-state index contributed by atoms with van der Waals surface area (Å²) in [6.45, 7) is 7.56. The molecule has 28 heavy (non-hydrogen) atoms. The monoisotopic (exact) mass is 502 g/mol. The summed E-state index contributed by atoms with van der Waals surface area (Å²) in [6, 6.07) is 9.61. The molecule has 1 heterocycles. The minimum atomic E-state index is -0.344. The Morgan fingerprint density at radius 2 is 2.04 bits per heavy atom. The molecule has 0 aliphatic rings. The van der Waals surface area contributed by atoms with Gasteiger partial charge in [-0.25, -0.2) is 14.4 Å². The lowest BCUT2D eigenvalue weighted by atomic mass is 10.3. The average molecular weight is 502 g/mol. The van der Waals surface area contributed by atoms with Crippen LogP contribution in [0.1, 0.15) is 25.8 Å². The van der Waals surface area contributed by atoms with Gasteiger partial charge in [-0.2, -0.15) is 0 Å². The third kappa shape index (κ3) is 9.32. The number of aliphatic imine (C=N–C) groups is 1. The summed E-state index contributed by atoms with van der Waals surface area (Å²) < 4.78 is 24.1. The first kappa shape index (κ1) is 24.1. The molecule has 2 rings (SSSR count). The molecule has 0 radical (unpaired) electrons. The van der Waals surface area contributed by atoms with Crippen molar-refractivity contribution < 1.29 is 13.9 Å². The highest BCUT2D eigenvalue weighted by molar-refractivity contribution is 14.0. The molecule has 0 atom stereocenters. The van der Waals surface area contributed by atoms with Gasteiger partial charge in [-0.3, -0.25) is 0 Å². The Labute approximate surface area is 183 Å². The summed E-state index contributed by atoms with van der Waals surface area (Å²) in [6.07, 6.45) is 2.63. The van der Waals surface area contributed by atoms with E-state index in [9.17, 15) is 4.39 Å². The molecule has 0 unspecified atom stereocenters. The van der Waals surface area contributed by atoms with Crippen LogP contribution in [0.3, 0.4) is 0 Å². The smallest absolute Gasteiger partial charge is 0.219 e. The molecule has 0 aliphatic heterocycles. The molecule has 1 aromatic carbocycles. The Kier molecular flexibility index (Phi) is 12.1. The van der Waals surface area contributed by atoms with Gasteiger partial charge in [0.05, 0.1) is 6.54 Å². The number of hydrogen-bond donors (Lipinski definition) is 2. The maximum atomic E-state index is 13.2. The number of nitrogens with zero attached hydrogens (tertiary/aromatic N) is 2. The molecule has 8 heteroatoms. The van der Waals surface area contributed by atoms with Crippen LogP contribution >= 0.6 is 24.0 Å². The van der Waals surface area contributed by atoms with E-state index in [0.29, 0.717) is 18.2 Å². The lowest BCUT2D eigenvalue weighted by molar-refractivity contribution is 0.145. The highest BCUT2D eigenvalue weighted by Gasteiger charge is 2.02. The fourth-order valence-electron chi connectivity index (χ4n) is 2.25. The van der Waals surface area contributed by atoms with Gasteiger partial charge in [-0.05, 0) is 38.0 Å². The Morgan fingerprint density at radius 1 is 1.18 bits per heavy atom. The average Bonchev–Trinajstić information content (AvgIpc) is 2.67. The predicted octanol–water partition coefficient (Wildman–Crippen LogP) is 4.11. The van der Waals surface area contributed by atoms with Crippen molar-refractivity contribution in [1.82, 2.24) is 15.6 Å². The molecule has 1 aromatic heterocycles. The van der Waals surface area contributed by atoms with Gasteiger partial charge >= 0.3 is 0 Å². The minimum Gasteiger partial charge on any atom is -0.439 e. The Morgan fingerprint density at radius 3 is 2.71 bits per heavy atom. The van der Waals surface area contributed by atoms with Crippen LogP contribution in [-0.4, -0.2) is 37.2 Å². The Bertz CT molecular complexity index is 714. The van der Waals surface area contributed by atoms with Crippen LogP contribution in [0.4, 0.5) is 4.39 Å². The summed E-state index contributed by atoms with van der Waals surface area (Å²) in [5.41, 5.74) is 0.952. The van der Waals surface area contributed by atoms with Gasteiger partial charge in [0.25, 0.3) is 0 Å². The minimum absolute atomic E-state index is 0. The molecule has 0 saturated carbocycles. The first-order chi connectivity index (χ1) is 13.2. The van der Waals surface area contributed by atoms with E-state index < -0.39 is 0 Å². The van der Waals surface area contributed by atoms with Crippen molar-refractivity contribution in [2.75, 3.05) is 26.3 Å². The number of benzene rings is 1. The fraction of sp³-hybridized carbons (Fsp3) is 0.400. The van der Waals surface area contributed by atoms with Gasteiger partial charge in [0, 0.05) is 44.6 Å². The number of guanidine groups is 1. The van der Waals surface area contributed by atoms with Crippen molar-refractivity contribution in [3.8, 4) is 11.6 Å². The van der Waals surface area contributed by atoms with E-state index in [4.69, 9.17) is 9.47 Å². The van der Waals surface area contributed by atoms with E-state index in [2.05, 4.69) is 20.6 Å². The zero-order chi connectivity index (χ0) is 19.3. The van der Waals surface area contributed by atoms with E-state index in [-0.39, 0.29) is 29.8 Å². The van der Waals surface area contributed by atoms with Gasteiger partial charge in [0.2, 0.25) is 5.88 Å². The van der Waals surface area contributed by atoms with E-state index in [0.717, 1.165) is 44.2 Å². The second-order valence-corrected chi connectivity index (χ2v) is 5.74. The molecule has 2 N–H and O–H groups in total. The molecule has 0 saturated heterocycles. The molecule has 0 fully saturated rings. The second-order valence-electron chi connectivity index (χ2n) is 5.74. The maximum absolute atomic E-state index is 13.2. The largest absolute Gasteiger partial charge is 0.439 e. The van der Waals surface area contributed by atoms with Gasteiger partial charge in [-0.15, -0.1) is 24.0 Å². The van der Waals surface area contributed by atoms with Crippen LogP contribution < -0.4 is 15.4 Å². The van der Waals surface area contributed by atoms with E-state index in [1.54, 1.807) is 24.4 Å². The molecule has 6 nitrogen and oxygen atoms in total. The fourth-order valence-corrected chi connectivity index (χ4v) is 2.25. The van der Waals surface area contributed by atoms with Crippen LogP contribution in [0.25, 0.3) is 0 Å². The summed E-state index contributed by atoms with van der Waals surface area (Å²) in [4.78, 5) is 8.80. The van der Waals surface area contributed by atoms with Crippen LogP contribution in [0, 0.1) is 5.82 Å². The molecule has 0 bridgehead atoms. The van der Waals surface area contributed by atoms with E-state index in [1.165, 1.54) is 12.1 Å². The zero-order valence-electron chi connectivity index (χ0n) is 16.3. The lowest BCUT2D eigenvalue weighted by Gasteiger charge is -2.11. The third-order valence-electron chi connectivity index (χ3n) is 3.54. The second kappa shape index (κ2) is 14.1. The van der Waals surface area contributed by atoms with E-state index in [1.807, 2.05) is 19.9 Å². The summed E-state index contributed by atoms with van der Waals surface area (Å²) in [5.74, 6) is 1.24. The standard InChI is InChI=1S/C20H27FN4O2.HI/c1-3-22-20(23-11-6-12-26-4-2)25-15-16-9-10-19(24-14-16)27-18-8-5-7-17(21)13-18;/h5,7-10,13-14H,3-4,6,11-12,15H2,1-2H3,(H2,22,23,25);1H. The number of rotatable bonds is 10. The Balaban J connectivity index is 0.00000392. The number of pyridine rings is 1. The van der Waals surface area contributed by atoms with E-state index >= 15 is 0 Å². The lowest BCUT2D eigenvalue weighted by Crippen LogP contribution is -2.38. The normalized spacial score (nSPS) is 10.9. The van der Waals surface area contributed by atoms with Crippen molar-refractivity contribution >= 4 is 29.9 Å². The molecule has 0 aliphatic carbocycles. The molecule has 0 spiro atoms. The number of nitrogens with one attached hydrogen (secondary N) is 2. The summed E-state index contributed by atoms with van der Waals surface area (Å²) in [7, 11) is 0. The van der Waals surface area contributed by atoms with Crippen molar-refractivity contribution in [2.45, 2.75) is 26.8 Å². The number of halogens is 2. The predicted molar refractivity (Wildman–Crippen MR) is 120 cm³/mol. The first-order valence-corrected chi connectivity index (χ1v) is 9.19. The first-order valence-electron chi connectivity index (χ1n) is 9.19. The number of aromatic nitrogens is 1. The van der Waals surface area contributed by atoms with Crippen LogP contribution in [0.2, 0.25) is 0 Å². The van der Waals surface area contributed by atoms with Gasteiger partial charge in [0.1, 0.15) is 11.6 Å². The van der Waals surface area contributed by atoms with Crippen LogP contribution in [0.5, 0.6) is 11.6 Å². The number of ether oxygens (including phenoxy) is 2. The van der Waals surface area contributed by atoms with Crippen molar-refractivity contribution in [2.24, 2.45) is 4.99 Å². The molecular weight excluding hydrogens is 474 g/mol. The molecular formula is C20H28FIN4O2. The van der Waals surface area contributed by atoms with Crippen LogP contribution in [-0.2, 0) is 11.3 Å². The topological polar surface area (TPSA) is 67.8 Å². The molecule has 154 valence electrons. The van der Waals surface area contributed by atoms with Gasteiger partial charge in [0.15, 0.2) is 5.96 Å². The maximum Gasteiger partial charge on any atom is 0.219 e. The van der Waals surface area contributed by atoms with Crippen molar-refractivity contribution in [3.05, 3.63) is 54.0 Å².